The summed E-state index contributed by atoms with van der Waals surface area (Å²) in [7, 11) is 0. The first kappa shape index (κ1) is 9.34. The molecule has 0 spiro atoms. The monoisotopic (exact) mass is 135 g/mol. The summed E-state index contributed by atoms with van der Waals surface area (Å²) in [6.45, 7) is 1.47. The van der Waals surface area contributed by atoms with Crippen LogP contribution in [0.4, 0.5) is 0 Å². The topological polar surface area (TPSA) is 34.1 Å². The van der Waals surface area contributed by atoms with Gasteiger partial charge in [0.1, 0.15) is 12.1 Å². The summed E-state index contributed by atoms with van der Waals surface area (Å²) in [6, 6.07) is 0. The maximum atomic E-state index is 10.5. The van der Waals surface area contributed by atoms with Crippen LogP contribution >= 0.6 is 0 Å². The van der Waals surface area contributed by atoms with Gasteiger partial charge in [0.15, 0.2) is 0 Å². The molecule has 45 valence electrons. The predicted octanol–water partition coefficient (Wildman–Crippen LogP) is 0.174. The maximum Gasteiger partial charge on any atom is 0.143 e. The Labute approximate surface area is 76.3 Å². The summed E-state index contributed by atoms with van der Waals surface area (Å²) in [5.74, 6) is 0.0208. The van der Waals surface area contributed by atoms with Crippen molar-refractivity contribution in [1.82, 2.24) is 0 Å². The van der Waals surface area contributed by atoms with Crippen molar-refractivity contribution in [2.24, 2.45) is 5.41 Å². The Hall–Kier alpha value is 0.340. The molecule has 1 radical (unpaired) electrons. The van der Waals surface area contributed by atoms with Gasteiger partial charge >= 0.3 is 0 Å². The second-order valence-electron chi connectivity index (χ2n) is 2.33. The third-order valence-electron chi connectivity index (χ3n) is 1.72. The number of Topliss-reactive ketones (excluding diaryl/α,β-unsaturated/α-hetero) is 1. The molecule has 0 bridgehead atoms. The van der Waals surface area contributed by atoms with Crippen LogP contribution in [0.25, 0.3) is 0 Å². The second-order valence-corrected chi connectivity index (χ2v) is 2.33. The van der Waals surface area contributed by atoms with Crippen LogP contribution in [0.3, 0.4) is 0 Å². The molecule has 0 aromatic heterocycles. The van der Waals surface area contributed by atoms with Gasteiger partial charge in [-0.3, -0.25) is 4.79 Å². The molecule has 9 heavy (non-hydrogen) atoms. The summed E-state index contributed by atoms with van der Waals surface area (Å²) in [4.78, 5) is 20.6. The van der Waals surface area contributed by atoms with Crippen molar-refractivity contribution in [2.75, 3.05) is 0 Å². The van der Waals surface area contributed by atoms with E-state index in [0.717, 1.165) is 19.1 Å². The number of rotatable bonds is 2. The van der Waals surface area contributed by atoms with Gasteiger partial charge in [-0.1, -0.05) is 0 Å². The van der Waals surface area contributed by atoms with E-state index in [1.165, 1.54) is 6.92 Å². The van der Waals surface area contributed by atoms with Gasteiger partial charge in [0.05, 0.1) is 5.41 Å². The Bertz CT molecular complexity index is 138. The SMILES string of the molecule is CC(=O)C1(C=O)CC1.[Na]. The van der Waals surface area contributed by atoms with Crippen LogP contribution < -0.4 is 0 Å². The van der Waals surface area contributed by atoms with E-state index in [2.05, 4.69) is 0 Å². The molecule has 1 aliphatic carbocycles. The van der Waals surface area contributed by atoms with Gasteiger partial charge in [0.2, 0.25) is 0 Å². The molecule has 1 fully saturated rings. The van der Waals surface area contributed by atoms with E-state index in [1.54, 1.807) is 0 Å². The zero-order valence-electron chi connectivity index (χ0n) is 5.81. The Kier molecular flexibility index (Phi) is 3.06. The number of hydrogen-bond donors (Lipinski definition) is 0. The zero-order valence-corrected chi connectivity index (χ0v) is 7.81. The summed E-state index contributed by atoms with van der Waals surface area (Å²) in [5.41, 5.74) is -0.528. The number of hydrogen-bond acceptors (Lipinski definition) is 2. The van der Waals surface area contributed by atoms with E-state index in [1.807, 2.05) is 0 Å². The van der Waals surface area contributed by atoms with Gasteiger partial charge in [-0.05, 0) is 19.8 Å². The second kappa shape index (κ2) is 2.95. The minimum Gasteiger partial charge on any atom is -0.302 e. The first-order valence-corrected chi connectivity index (χ1v) is 2.69. The summed E-state index contributed by atoms with van der Waals surface area (Å²) in [5, 5.41) is 0. The van der Waals surface area contributed by atoms with Crippen molar-refractivity contribution >= 4 is 41.6 Å². The summed E-state index contributed by atoms with van der Waals surface area (Å²) >= 11 is 0. The number of carbonyl (C=O) groups excluding carboxylic acids is 2. The van der Waals surface area contributed by atoms with Gasteiger partial charge in [0.25, 0.3) is 0 Å². The Balaban J connectivity index is 0.000000640. The normalized spacial score (nSPS) is 19.7. The van der Waals surface area contributed by atoms with E-state index in [0.29, 0.717) is 0 Å². The van der Waals surface area contributed by atoms with E-state index in [9.17, 15) is 9.59 Å². The molecule has 0 amide bonds. The van der Waals surface area contributed by atoms with Crippen LogP contribution in [0, 0.1) is 5.41 Å². The molecule has 1 rings (SSSR count). The van der Waals surface area contributed by atoms with Gasteiger partial charge < -0.3 is 4.79 Å². The molecule has 0 N–H and O–H groups in total. The minimum atomic E-state index is -0.528. The molecular formula is C6H8NaO2. The number of aldehydes is 1. The largest absolute Gasteiger partial charge is 0.302 e. The molecule has 0 unspecified atom stereocenters. The van der Waals surface area contributed by atoms with E-state index in [4.69, 9.17) is 0 Å². The van der Waals surface area contributed by atoms with Crippen molar-refractivity contribution in [3.8, 4) is 0 Å². The molecule has 1 saturated carbocycles. The quantitative estimate of drug-likeness (QED) is 0.307. The molecule has 1 aliphatic rings. The maximum absolute atomic E-state index is 10.5. The van der Waals surface area contributed by atoms with Gasteiger partial charge in [-0.15, -0.1) is 0 Å². The Morgan fingerprint density at radius 2 is 2.00 bits per heavy atom. The first-order valence-electron chi connectivity index (χ1n) is 2.69. The molecule has 0 heterocycles. The van der Waals surface area contributed by atoms with Crippen LogP contribution in [0.1, 0.15) is 19.8 Å². The van der Waals surface area contributed by atoms with Crippen LogP contribution in [0.2, 0.25) is 0 Å². The van der Waals surface area contributed by atoms with Crippen LogP contribution in [-0.2, 0) is 9.59 Å². The van der Waals surface area contributed by atoms with E-state index < -0.39 is 5.41 Å². The van der Waals surface area contributed by atoms with Crippen molar-refractivity contribution < 1.29 is 9.59 Å². The standard InChI is InChI=1S/C6H8O2.Na/c1-5(8)6(4-7)2-3-6;/h4H,2-3H2,1H3;. The van der Waals surface area contributed by atoms with Crippen LogP contribution in [0.5, 0.6) is 0 Å². The number of ketones is 1. The van der Waals surface area contributed by atoms with Gasteiger partial charge in [-0.2, -0.15) is 0 Å². The van der Waals surface area contributed by atoms with Crippen molar-refractivity contribution in [2.45, 2.75) is 19.8 Å². The Morgan fingerprint density at radius 3 is 2.00 bits per heavy atom. The number of carbonyl (C=O) groups is 2. The molecule has 0 aliphatic heterocycles. The zero-order chi connectivity index (χ0) is 6.20. The van der Waals surface area contributed by atoms with Crippen LogP contribution in [0.15, 0.2) is 0 Å². The molecule has 2 nitrogen and oxygen atoms in total. The Morgan fingerprint density at radius 1 is 1.56 bits per heavy atom. The average molecular weight is 135 g/mol. The van der Waals surface area contributed by atoms with E-state index >= 15 is 0 Å². The van der Waals surface area contributed by atoms with Crippen LogP contribution in [-0.4, -0.2) is 41.6 Å². The van der Waals surface area contributed by atoms with Crippen molar-refractivity contribution in [3.63, 3.8) is 0 Å². The van der Waals surface area contributed by atoms with Crippen molar-refractivity contribution in [3.05, 3.63) is 0 Å². The third kappa shape index (κ3) is 1.63. The van der Waals surface area contributed by atoms with Gasteiger partial charge in [0, 0.05) is 29.6 Å². The first-order chi connectivity index (χ1) is 3.71. The fraction of sp³-hybridized carbons (Fsp3) is 0.667. The fourth-order valence-electron chi connectivity index (χ4n) is 0.688. The summed E-state index contributed by atoms with van der Waals surface area (Å²) < 4.78 is 0. The van der Waals surface area contributed by atoms with E-state index in [-0.39, 0.29) is 35.3 Å². The molecule has 0 aromatic carbocycles. The molecule has 0 saturated heterocycles. The minimum absolute atomic E-state index is 0. The third-order valence-corrected chi connectivity index (χ3v) is 1.72. The molecule has 0 atom stereocenters. The molecule has 3 heteroatoms. The molecular weight excluding hydrogens is 127 g/mol. The summed E-state index contributed by atoms with van der Waals surface area (Å²) in [6.07, 6.45) is 2.31. The van der Waals surface area contributed by atoms with Gasteiger partial charge in [-0.25, -0.2) is 0 Å². The molecule has 0 aromatic rings. The average Bonchev–Trinajstić information content (AvgIpc) is 2.44. The van der Waals surface area contributed by atoms with Crippen molar-refractivity contribution in [1.29, 1.82) is 0 Å². The smallest absolute Gasteiger partial charge is 0.143 e. The predicted molar refractivity (Wildman–Crippen MR) is 34.2 cm³/mol. The fourth-order valence-corrected chi connectivity index (χ4v) is 0.688.